The van der Waals surface area contributed by atoms with Crippen LogP contribution in [0.1, 0.15) is 25.0 Å². The van der Waals surface area contributed by atoms with Gasteiger partial charge in [-0.15, -0.1) is 0 Å². The van der Waals surface area contributed by atoms with Crippen molar-refractivity contribution in [3.05, 3.63) is 151 Å². The summed E-state index contributed by atoms with van der Waals surface area (Å²) in [5.41, 5.74) is 12.0. The highest BCUT2D eigenvalue weighted by Crippen LogP contribution is 2.51. The summed E-state index contributed by atoms with van der Waals surface area (Å²) in [6, 6.07) is 48.4. The Kier molecular flexibility index (Phi) is 5.81. The lowest BCUT2D eigenvalue weighted by Gasteiger charge is -2.21. The Morgan fingerprint density at radius 2 is 0.978 bits per heavy atom. The Morgan fingerprint density at radius 3 is 1.70 bits per heavy atom. The van der Waals surface area contributed by atoms with Crippen LogP contribution in [0, 0.1) is 0 Å². The molecule has 1 aliphatic carbocycles. The largest absolute Gasteiger partial charge is 0.456 e. The summed E-state index contributed by atoms with van der Waals surface area (Å²) in [5, 5.41) is 2.33. The van der Waals surface area contributed by atoms with Crippen LogP contribution >= 0.6 is 0 Å². The number of para-hydroxylation sites is 1. The van der Waals surface area contributed by atoms with Crippen molar-refractivity contribution in [2.24, 2.45) is 0 Å². The molecule has 0 fully saturated rings. The molecule has 4 nitrogen and oxygen atoms in total. The highest BCUT2D eigenvalue weighted by Gasteiger charge is 2.36. The molecule has 8 aromatic rings. The first kappa shape index (κ1) is 26.5. The Morgan fingerprint density at radius 1 is 0.413 bits per heavy atom. The SMILES string of the molecule is CC1(C)c2ccc(-c3cccc(-c4nc(-c5ccccc5)nc(-c5ccccc5)n4)c3)cc2-c2cc3oc4ccccc4c3cc21. The molecule has 9 rings (SSSR count). The van der Waals surface area contributed by atoms with Crippen LogP contribution in [0.3, 0.4) is 0 Å². The normalized spacial score (nSPS) is 13.2. The van der Waals surface area contributed by atoms with Gasteiger partial charge in [-0.1, -0.05) is 123 Å². The fraction of sp³-hybridized carbons (Fsp3) is 0.0714. The highest BCUT2D eigenvalue weighted by molar-refractivity contribution is 6.07. The summed E-state index contributed by atoms with van der Waals surface area (Å²) in [6.45, 7) is 4.64. The van der Waals surface area contributed by atoms with Gasteiger partial charge in [-0.25, -0.2) is 15.0 Å². The zero-order valence-electron chi connectivity index (χ0n) is 25.5. The lowest BCUT2D eigenvalue weighted by atomic mass is 9.81. The fourth-order valence-corrected chi connectivity index (χ4v) is 6.92. The molecule has 4 heteroatoms. The summed E-state index contributed by atoms with van der Waals surface area (Å²) in [5.74, 6) is 1.96. The first-order valence-electron chi connectivity index (χ1n) is 15.6. The van der Waals surface area contributed by atoms with Crippen molar-refractivity contribution in [3.63, 3.8) is 0 Å². The molecular weight excluding hydrogens is 562 g/mol. The lowest BCUT2D eigenvalue weighted by Crippen LogP contribution is -2.14. The molecule has 2 aromatic heterocycles. The molecule has 0 N–H and O–H groups in total. The van der Waals surface area contributed by atoms with E-state index in [-0.39, 0.29) is 5.41 Å². The van der Waals surface area contributed by atoms with Gasteiger partial charge in [-0.3, -0.25) is 0 Å². The maximum absolute atomic E-state index is 6.30. The Balaban J connectivity index is 1.16. The van der Waals surface area contributed by atoms with Crippen LogP contribution in [-0.2, 0) is 5.41 Å². The van der Waals surface area contributed by atoms with Gasteiger partial charge >= 0.3 is 0 Å². The minimum atomic E-state index is -0.121. The maximum Gasteiger partial charge on any atom is 0.164 e. The minimum absolute atomic E-state index is 0.121. The van der Waals surface area contributed by atoms with E-state index >= 15 is 0 Å². The third-order valence-electron chi connectivity index (χ3n) is 9.33. The number of nitrogens with zero attached hydrogens (tertiary/aromatic N) is 3. The molecular formula is C42H29N3O. The number of furan rings is 1. The average Bonchev–Trinajstić information content (AvgIpc) is 3.59. The summed E-state index contributed by atoms with van der Waals surface area (Å²) in [7, 11) is 0. The first-order valence-corrected chi connectivity index (χ1v) is 15.6. The number of hydrogen-bond acceptors (Lipinski definition) is 4. The van der Waals surface area contributed by atoms with Crippen LogP contribution in [0.15, 0.2) is 144 Å². The molecule has 0 saturated heterocycles. The third-order valence-corrected chi connectivity index (χ3v) is 9.33. The van der Waals surface area contributed by atoms with Gasteiger partial charge in [0.15, 0.2) is 17.5 Å². The smallest absolute Gasteiger partial charge is 0.164 e. The van der Waals surface area contributed by atoms with Crippen LogP contribution in [0.5, 0.6) is 0 Å². The van der Waals surface area contributed by atoms with Crippen LogP contribution in [0.2, 0.25) is 0 Å². The van der Waals surface area contributed by atoms with Crippen molar-refractivity contribution in [3.8, 4) is 56.4 Å². The van der Waals surface area contributed by atoms with Gasteiger partial charge in [0.2, 0.25) is 0 Å². The van der Waals surface area contributed by atoms with Gasteiger partial charge in [-0.2, -0.15) is 0 Å². The quantitative estimate of drug-likeness (QED) is 0.204. The van der Waals surface area contributed by atoms with Crippen LogP contribution in [0.4, 0.5) is 0 Å². The van der Waals surface area contributed by atoms with E-state index in [4.69, 9.17) is 19.4 Å². The molecule has 0 radical (unpaired) electrons. The molecule has 0 aliphatic heterocycles. The van der Waals surface area contributed by atoms with E-state index in [1.807, 2.05) is 72.8 Å². The Hall–Kier alpha value is -5.87. The van der Waals surface area contributed by atoms with Crippen molar-refractivity contribution >= 4 is 21.9 Å². The Labute approximate surface area is 267 Å². The first-order chi connectivity index (χ1) is 22.5. The van der Waals surface area contributed by atoms with E-state index in [1.165, 1.54) is 27.6 Å². The molecule has 218 valence electrons. The summed E-state index contributed by atoms with van der Waals surface area (Å²) in [6.07, 6.45) is 0. The van der Waals surface area contributed by atoms with Gasteiger partial charge in [0.1, 0.15) is 11.2 Å². The van der Waals surface area contributed by atoms with E-state index < -0.39 is 0 Å². The predicted octanol–water partition coefficient (Wildman–Crippen LogP) is 10.7. The number of fused-ring (bicyclic) bond motifs is 6. The molecule has 46 heavy (non-hydrogen) atoms. The zero-order chi connectivity index (χ0) is 30.8. The van der Waals surface area contributed by atoms with Gasteiger partial charge in [0.25, 0.3) is 0 Å². The number of benzene rings is 6. The molecule has 0 saturated carbocycles. The lowest BCUT2D eigenvalue weighted by molar-refractivity contribution is 0.658. The van der Waals surface area contributed by atoms with Crippen LogP contribution in [-0.4, -0.2) is 15.0 Å². The van der Waals surface area contributed by atoms with Gasteiger partial charge in [-0.05, 0) is 63.7 Å². The van der Waals surface area contributed by atoms with Crippen molar-refractivity contribution in [1.82, 2.24) is 15.0 Å². The highest BCUT2D eigenvalue weighted by atomic mass is 16.3. The van der Waals surface area contributed by atoms with E-state index in [0.29, 0.717) is 17.5 Å². The van der Waals surface area contributed by atoms with Gasteiger partial charge < -0.3 is 4.42 Å². The number of hydrogen-bond donors (Lipinski definition) is 0. The fourth-order valence-electron chi connectivity index (χ4n) is 6.92. The zero-order valence-corrected chi connectivity index (χ0v) is 25.5. The molecule has 6 aromatic carbocycles. The Bertz CT molecular complexity index is 2380. The molecule has 0 unspecified atom stereocenters. The van der Waals surface area contributed by atoms with Crippen molar-refractivity contribution in [1.29, 1.82) is 0 Å². The van der Waals surface area contributed by atoms with Crippen molar-refractivity contribution in [2.75, 3.05) is 0 Å². The van der Waals surface area contributed by atoms with Crippen LogP contribution < -0.4 is 0 Å². The third kappa shape index (κ3) is 4.18. The molecule has 0 atom stereocenters. The number of aromatic nitrogens is 3. The van der Waals surface area contributed by atoms with E-state index in [1.54, 1.807) is 0 Å². The standard InChI is InChI=1S/C42H29N3O/c1-42(2)35-21-20-29(23-32(35)33-25-38-34(24-36(33)42)31-18-9-10-19-37(31)46-38)28-16-11-17-30(22-28)41-44-39(26-12-5-3-6-13-26)43-40(45-41)27-14-7-4-8-15-27/h3-25H,1-2H3. The second kappa shape index (κ2) is 10.1. The molecule has 1 aliphatic rings. The van der Waals surface area contributed by atoms with Gasteiger partial charge in [0, 0.05) is 32.9 Å². The molecule has 0 amide bonds. The average molecular weight is 592 g/mol. The molecule has 0 spiro atoms. The topological polar surface area (TPSA) is 51.8 Å². The van der Waals surface area contributed by atoms with E-state index in [9.17, 15) is 0 Å². The van der Waals surface area contributed by atoms with Crippen molar-refractivity contribution in [2.45, 2.75) is 19.3 Å². The maximum atomic E-state index is 6.30. The second-order valence-electron chi connectivity index (χ2n) is 12.5. The minimum Gasteiger partial charge on any atom is -0.456 e. The number of rotatable bonds is 4. The van der Waals surface area contributed by atoms with E-state index in [2.05, 4.69) is 80.6 Å². The van der Waals surface area contributed by atoms with Crippen LogP contribution in [0.25, 0.3) is 78.4 Å². The summed E-state index contributed by atoms with van der Waals surface area (Å²) in [4.78, 5) is 14.8. The van der Waals surface area contributed by atoms with E-state index in [0.717, 1.165) is 44.4 Å². The molecule has 2 heterocycles. The molecule has 0 bridgehead atoms. The van der Waals surface area contributed by atoms with Crippen molar-refractivity contribution < 1.29 is 4.42 Å². The van der Waals surface area contributed by atoms with Gasteiger partial charge in [0.05, 0.1) is 0 Å². The monoisotopic (exact) mass is 591 g/mol. The second-order valence-corrected chi connectivity index (χ2v) is 12.5. The summed E-state index contributed by atoms with van der Waals surface area (Å²) >= 11 is 0. The predicted molar refractivity (Wildman–Crippen MR) is 186 cm³/mol. The summed E-state index contributed by atoms with van der Waals surface area (Å²) < 4.78 is 6.30.